The molecular weight excluding hydrogens is 174 g/mol. The van der Waals surface area contributed by atoms with Gasteiger partial charge in [-0.3, -0.25) is 0 Å². The summed E-state index contributed by atoms with van der Waals surface area (Å²) >= 11 is 5.84. The van der Waals surface area contributed by atoms with E-state index in [1.165, 1.54) is 5.56 Å². The number of halogens is 1. The molecule has 0 bridgehead atoms. The van der Waals surface area contributed by atoms with Crippen LogP contribution in [0.5, 0.6) is 0 Å². The van der Waals surface area contributed by atoms with Crippen molar-refractivity contribution in [3.8, 4) is 0 Å². The molecule has 12 heavy (non-hydrogen) atoms. The fourth-order valence-electron chi connectivity index (χ4n) is 1.25. The van der Waals surface area contributed by atoms with Crippen LogP contribution in [0.1, 0.15) is 11.3 Å². The second kappa shape index (κ2) is 2.45. The number of aryl methyl sites for hydroxylation is 2. The molecule has 0 spiro atoms. The molecule has 3 nitrogen and oxygen atoms in total. The molecule has 2 aromatic heterocycles. The summed E-state index contributed by atoms with van der Waals surface area (Å²) < 4.78 is 0. The van der Waals surface area contributed by atoms with Gasteiger partial charge in [-0.05, 0) is 19.4 Å². The van der Waals surface area contributed by atoms with E-state index in [0.29, 0.717) is 5.15 Å². The number of hydrogen-bond acceptors (Lipinski definition) is 2. The fourth-order valence-corrected chi connectivity index (χ4v) is 1.44. The van der Waals surface area contributed by atoms with Gasteiger partial charge >= 0.3 is 0 Å². The van der Waals surface area contributed by atoms with Gasteiger partial charge in [0, 0.05) is 11.1 Å². The van der Waals surface area contributed by atoms with Crippen LogP contribution in [0, 0.1) is 13.8 Å². The number of H-pyrrole nitrogens is 1. The fraction of sp³-hybridized carbons (Fsp3) is 0.250. The zero-order valence-electron chi connectivity index (χ0n) is 6.85. The Morgan fingerprint density at radius 3 is 2.83 bits per heavy atom. The normalized spacial score (nSPS) is 10.9. The highest BCUT2D eigenvalue weighted by Crippen LogP contribution is 2.23. The monoisotopic (exact) mass is 181 g/mol. The van der Waals surface area contributed by atoms with Gasteiger partial charge < -0.3 is 4.98 Å². The van der Waals surface area contributed by atoms with Gasteiger partial charge in [-0.25, -0.2) is 0 Å². The molecule has 0 aliphatic carbocycles. The summed E-state index contributed by atoms with van der Waals surface area (Å²) in [5.74, 6) is 0. The maximum atomic E-state index is 5.84. The number of hydrogen-bond donors (Lipinski definition) is 1. The van der Waals surface area contributed by atoms with Crippen LogP contribution in [0.4, 0.5) is 0 Å². The van der Waals surface area contributed by atoms with Crippen LogP contribution in [-0.2, 0) is 0 Å². The number of nitrogens with one attached hydrogen (secondary N) is 1. The van der Waals surface area contributed by atoms with Crippen molar-refractivity contribution in [3.05, 3.63) is 22.6 Å². The molecule has 0 unspecified atom stereocenters. The van der Waals surface area contributed by atoms with E-state index in [9.17, 15) is 0 Å². The van der Waals surface area contributed by atoms with E-state index >= 15 is 0 Å². The Balaban J connectivity index is 2.95. The molecule has 0 saturated carbocycles. The second-order valence-corrected chi connectivity index (χ2v) is 3.16. The van der Waals surface area contributed by atoms with E-state index in [0.717, 1.165) is 16.6 Å². The SMILES string of the molecule is Cc1[nH]c2c(Cl)nncc2c1C. The van der Waals surface area contributed by atoms with Gasteiger partial charge in [-0.2, -0.15) is 5.10 Å². The molecule has 0 saturated heterocycles. The molecule has 0 atom stereocenters. The van der Waals surface area contributed by atoms with Gasteiger partial charge in [0.2, 0.25) is 0 Å². The topological polar surface area (TPSA) is 41.6 Å². The summed E-state index contributed by atoms with van der Waals surface area (Å²) in [6, 6.07) is 0. The van der Waals surface area contributed by atoms with Gasteiger partial charge in [0.25, 0.3) is 0 Å². The number of aromatic nitrogens is 3. The first-order chi connectivity index (χ1) is 5.70. The Morgan fingerprint density at radius 1 is 1.42 bits per heavy atom. The van der Waals surface area contributed by atoms with Crippen molar-refractivity contribution < 1.29 is 0 Å². The number of nitrogens with zero attached hydrogens (tertiary/aromatic N) is 2. The molecule has 0 aromatic carbocycles. The Labute approximate surface area is 74.8 Å². The molecule has 0 amide bonds. The van der Waals surface area contributed by atoms with Crippen molar-refractivity contribution in [3.63, 3.8) is 0 Å². The zero-order chi connectivity index (χ0) is 8.72. The van der Waals surface area contributed by atoms with Gasteiger partial charge in [-0.1, -0.05) is 11.6 Å². The van der Waals surface area contributed by atoms with Crippen molar-refractivity contribution in [2.45, 2.75) is 13.8 Å². The lowest BCUT2D eigenvalue weighted by Gasteiger charge is -1.90. The minimum Gasteiger partial charge on any atom is -0.356 e. The molecule has 0 aliphatic heterocycles. The van der Waals surface area contributed by atoms with Crippen LogP contribution in [0.15, 0.2) is 6.20 Å². The highest BCUT2D eigenvalue weighted by Gasteiger charge is 2.07. The highest BCUT2D eigenvalue weighted by atomic mass is 35.5. The number of rotatable bonds is 0. The third-order valence-corrected chi connectivity index (χ3v) is 2.35. The lowest BCUT2D eigenvalue weighted by atomic mass is 10.2. The van der Waals surface area contributed by atoms with Crippen LogP contribution >= 0.6 is 11.6 Å². The highest BCUT2D eigenvalue weighted by molar-refractivity contribution is 6.33. The first kappa shape index (κ1) is 7.55. The summed E-state index contributed by atoms with van der Waals surface area (Å²) in [7, 11) is 0. The molecule has 0 radical (unpaired) electrons. The first-order valence-corrected chi connectivity index (χ1v) is 4.04. The molecule has 0 aliphatic rings. The van der Waals surface area contributed by atoms with Gasteiger partial charge in [0.15, 0.2) is 5.15 Å². The lowest BCUT2D eigenvalue weighted by molar-refractivity contribution is 1.05. The van der Waals surface area contributed by atoms with Crippen LogP contribution < -0.4 is 0 Å². The Kier molecular flexibility index (Phi) is 1.54. The molecule has 2 heterocycles. The molecule has 2 rings (SSSR count). The molecular formula is C8H8ClN3. The lowest BCUT2D eigenvalue weighted by Crippen LogP contribution is -1.81. The minimum atomic E-state index is 0.434. The summed E-state index contributed by atoms with van der Waals surface area (Å²) in [4.78, 5) is 3.16. The number of aromatic amines is 1. The Hall–Kier alpha value is -1.09. The average Bonchev–Trinajstić information content (AvgIpc) is 2.32. The standard InChI is InChI=1S/C8H8ClN3/c1-4-5(2)11-7-6(4)3-10-12-8(7)9/h3,11H,1-2H3. The van der Waals surface area contributed by atoms with Gasteiger partial charge in [0.05, 0.1) is 11.7 Å². The van der Waals surface area contributed by atoms with Crippen molar-refractivity contribution in [2.75, 3.05) is 0 Å². The number of fused-ring (bicyclic) bond motifs is 1. The zero-order valence-corrected chi connectivity index (χ0v) is 7.61. The van der Waals surface area contributed by atoms with Crippen molar-refractivity contribution in [2.24, 2.45) is 0 Å². The van der Waals surface area contributed by atoms with E-state index in [-0.39, 0.29) is 0 Å². The third-order valence-electron chi connectivity index (χ3n) is 2.09. The third kappa shape index (κ3) is 0.898. The predicted molar refractivity (Wildman–Crippen MR) is 48.4 cm³/mol. The maximum absolute atomic E-state index is 5.84. The minimum absolute atomic E-state index is 0.434. The molecule has 4 heteroatoms. The van der Waals surface area contributed by atoms with Crippen LogP contribution in [0.3, 0.4) is 0 Å². The molecule has 62 valence electrons. The quantitative estimate of drug-likeness (QED) is 0.677. The Bertz CT molecular complexity index is 433. The van der Waals surface area contributed by atoms with Gasteiger partial charge in [-0.15, -0.1) is 5.10 Å². The second-order valence-electron chi connectivity index (χ2n) is 2.80. The van der Waals surface area contributed by atoms with E-state index in [1.54, 1.807) is 6.20 Å². The van der Waals surface area contributed by atoms with E-state index in [1.807, 2.05) is 13.8 Å². The van der Waals surface area contributed by atoms with Crippen LogP contribution in [0.2, 0.25) is 5.15 Å². The van der Waals surface area contributed by atoms with E-state index in [4.69, 9.17) is 11.6 Å². The van der Waals surface area contributed by atoms with Crippen molar-refractivity contribution >= 4 is 22.5 Å². The van der Waals surface area contributed by atoms with Crippen molar-refractivity contribution in [1.29, 1.82) is 0 Å². The average molecular weight is 182 g/mol. The van der Waals surface area contributed by atoms with E-state index in [2.05, 4.69) is 15.2 Å². The van der Waals surface area contributed by atoms with Crippen molar-refractivity contribution in [1.82, 2.24) is 15.2 Å². The van der Waals surface area contributed by atoms with Crippen LogP contribution in [0.25, 0.3) is 10.9 Å². The summed E-state index contributed by atoms with van der Waals surface area (Å²) in [6.45, 7) is 4.04. The summed E-state index contributed by atoms with van der Waals surface area (Å²) in [6.07, 6.45) is 1.72. The summed E-state index contributed by atoms with van der Waals surface area (Å²) in [5.41, 5.74) is 3.17. The van der Waals surface area contributed by atoms with Gasteiger partial charge in [0.1, 0.15) is 0 Å². The van der Waals surface area contributed by atoms with E-state index < -0.39 is 0 Å². The summed E-state index contributed by atoms with van der Waals surface area (Å²) in [5, 5.41) is 9.01. The first-order valence-electron chi connectivity index (χ1n) is 3.66. The van der Waals surface area contributed by atoms with Crippen LogP contribution in [-0.4, -0.2) is 15.2 Å². The largest absolute Gasteiger partial charge is 0.356 e. The smallest absolute Gasteiger partial charge is 0.175 e. The molecule has 0 fully saturated rings. The predicted octanol–water partition coefficient (Wildman–Crippen LogP) is 2.23. The maximum Gasteiger partial charge on any atom is 0.175 e. The Morgan fingerprint density at radius 2 is 2.17 bits per heavy atom. The molecule has 2 aromatic rings. The molecule has 1 N–H and O–H groups in total.